The van der Waals surface area contributed by atoms with Crippen LogP contribution in [0.3, 0.4) is 0 Å². The first-order chi connectivity index (χ1) is 19.0. The number of hydrogen-bond donors (Lipinski definition) is 3. The smallest absolute Gasteiger partial charge is 0.401 e. The number of nitrogens with one attached hydrogen (secondary N) is 2. The molecule has 1 aliphatic heterocycles. The Balaban J connectivity index is 1.52. The molecule has 0 atom stereocenters. The summed E-state index contributed by atoms with van der Waals surface area (Å²) in [6.07, 6.45) is 1.55. The Hall–Kier alpha value is -4.46. The molecular formula is C26H29F3N8O3. The van der Waals surface area contributed by atoms with E-state index in [1.54, 1.807) is 35.1 Å². The highest BCUT2D eigenvalue weighted by Crippen LogP contribution is 2.30. The number of piperidine rings is 1. The van der Waals surface area contributed by atoms with Crippen LogP contribution in [0.1, 0.15) is 42.0 Å². The van der Waals surface area contributed by atoms with E-state index in [-0.39, 0.29) is 29.3 Å². The standard InChI is InChI=1S/C26H29F3N8O3/c1-3-20-25(40-19-7-5-6-16(12-19)32-21(38)4-2)35-24(22(34-20)23(30)39)33-17-13-31-37(14-17)18-8-10-36(11-9-18)15-26(27,28)29/h4-7,12-14,18H,2-3,8-11,15H2,1H3,(H2,30,39)(H,32,38)(H,33,35). The maximum Gasteiger partial charge on any atom is 0.401 e. The normalized spacial score (nSPS) is 14.5. The van der Waals surface area contributed by atoms with E-state index in [9.17, 15) is 22.8 Å². The fraction of sp³-hybridized carbons (Fsp3) is 0.346. The van der Waals surface area contributed by atoms with Crippen molar-refractivity contribution in [1.29, 1.82) is 0 Å². The van der Waals surface area contributed by atoms with Crippen LogP contribution < -0.4 is 21.1 Å². The predicted molar refractivity (Wildman–Crippen MR) is 142 cm³/mol. The molecule has 1 fully saturated rings. The maximum absolute atomic E-state index is 12.7. The van der Waals surface area contributed by atoms with Crippen LogP contribution in [0.4, 0.5) is 30.4 Å². The van der Waals surface area contributed by atoms with Crippen LogP contribution in [-0.2, 0) is 11.2 Å². The third-order valence-corrected chi connectivity index (χ3v) is 6.20. The number of halogens is 3. The summed E-state index contributed by atoms with van der Waals surface area (Å²) >= 11 is 0. The SMILES string of the molecule is C=CC(=O)Nc1cccc(Oc2nc(Nc3cnn(C4CCN(CC(F)(F)F)CC4)c3)c(C(N)=O)nc2CC)c1. The van der Waals surface area contributed by atoms with Gasteiger partial charge in [0.25, 0.3) is 5.91 Å². The van der Waals surface area contributed by atoms with E-state index in [0.717, 1.165) is 6.08 Å². The van der Waals surface area contributed by atoms with Gasteiger partial charge in [-0.25, -0.2) is 4.98 Å². The molecule has 0 radical (unpaired) electrons. The lowest BCUT2D eigenvalue weighted by atomic mass is 10.1. The number of carbonyl (C=O) groups excluding carboxylic acids is 2. The Morgan fingerprint density at radius 2 is 1.98 bits per heavy atom. The van der Waals surface area contributed by atoms with Gasteiger partial charge in [-0.3, -0.25) is 19.2 Å². The van der Waals surface area contributed by atoms with Crippen molar-refractivity contribution in [2.24, 2.45) is 5.73 Å². The number of benzene rings is 1. The van der Waals surface area contributed by atoms with Gasteiger partial charge < -0.3 is 21.1 Å². The summed E-state index contributed by atoms with van der Waals surface area (Å²) in [6, 6.07) is 6.57. The molecule has 2 aromatic heterocycles. The van der Waals surface area contributed by atoms with Crippen LogP contribution in [-0.4, -0.2) is 62.3 Å². The Kier molecular flexibility index (Phi) is 8.67. The summed E-state index contributed by atoms with van der Waals surface area (Å²) in [4.78, 5) is 34.1. The zero-order valence-corrected chi connectivity index (χ0v) is 21.7. The Labute approximate surface area is 228 Å². The van der Waals surface area contributed by atoms with Crippen molar-refractivity contribution in [1.82, 2.24) is 24.6 Å². The van der Waals surface area contributed by atoms with Crippen molar-refractivity contribution in [3.63, 3.8) is 0 Å². The Morgan fingerprint density at radius 3 is 2.62 bits per heavy atom. The number of aromatic nitrogens is 4. The van der Waals surface area contributed by atoms with Gasteiger partial charge in [-0.2, -0.15) is 23.3 Å². The first-order valence-electron chi connectivity index (χ1n) is 12.6. The van der Waals surface area contributed by atoms with Gasteiger partial charge in [0, 0.05) is 31.0 Å². The second kappa shape index (κ2) is 12.2. The van der Waals surface area contributed by atoms with Crippen molar-refractivity contribution in [2.75, 3.05) is 30.3 Å². The van der Waals surface area contributed by atoms with E-state index in [1.165, 1.54) is 11.1 Å². The van der Waals surface area contributed by atoms with Crippen molar-refractivity contribution >= 4 is 29.0 Å². The molecule has 40 heavy (non-hydrogen) atoms. The summed E-state index contributed by atoms with van der Waals surface area (Å²) < 4.78 is 45.7. The van der Waals surface area contributed by atoms with Gasteiger partial charge in [-0.15, -0.1) is 0 Å². The monoisotopic (exact) mass is 558 g/mol. The van der Waals surface area contributed by atoms with E-state index in [0.29, 0.717) is 55.2 Å². The summed E-state index contributed by atoms with van der Waals surface area (Å²) in [5.41, 5.74) is 6.84. The van der Waals surface area contributed by atoms with Gasteiger partial charge in [0.2, 0.25) is 11.8 Å². The molecule has 212 valence electrons. The third-order valence-electron chi connectivity index (χ3n) is 6.20. The van der Waals surface area contributed by atoms with Gasteiger partial charge >= 0.3 is 6.18 Å². The lowest BCUT2D eigenvalue weighted by molar-refractivity contribution is -0.148. The van der Waals surface area contributed by atoms with Crippen LogP contribution in [0.5, 0.6) is 11.6 Å². The summed E-state index contributed by atoms with van der Waals surface area (Å²) in [5.74, 6) is -0.624. The van der Waals surface area contributed by atoms with E-state index in [1.807, 2.05) is 6.92 Å². The second-order valence-corrected chi connectivity index (χ2v) is 9.17. The van der Waals surface area contributed by atoms with Crippen molar-refractivity contribution in [3.8, 4) is 11.6 Å². The number of aryl methyl sites for hydroxylation is 1. The lowest BCUT2D eigenvalue weighted by Gasteiger charge is -2.32. The first kappa shape index (κ1) is 28.5. The molecule has 3 heterocycles. The van der Waals surface area contributed by atoms with Crippen molar-refractivity contribution in [2.45, 2.75) is 38.4 Å². The fourth-order valence-electron chi connectivity index (χ4n) is 4.30. The molecule has 3 aromatic rings. The fourth-order valence-corrected chi connectivity index (χ4v) is 4.30. The molecule has 0 unspecified atom stereocenters. The largest absolute Gasteiger partial charge is 0.437 e. The molecule has 1 aromatic carbocycles. The van der Waals surface area contributed by atoms with Gasteiger partial charge in [-0.1, -0.05) is 19.6 Å². The van der Waals surface area contributed by atoms with Crippen LogP contribution in [0.15, 0.2) is 49.3 Å². The zero-order chi connectivity index (χ0) is 28.9. The van der Waals surface area contributed by atoms with Gasteiger partial charge in [0.15, 0.2) is 11.5 Å². The minimum absolute atomic E-state index is 0.0513. The third kappa shape index (κ3) is 7.34. The van der Waals surface area contributed by atoms with Crippen LogP contribution >= 0.6 is 0 Å². The molecule has 14 heteroatoms. The quantitative estimate of drug-likeness (QED) is 0.315. The minimum Gasteiger partial charge on any atom is -0.437 e. The summed E-state index contributed by atoms with van der Waals surface area (Å²) in [6.45, 7) is 4.94. The van der Waals surface area contributed by atoms with E-state index in [2.05, 4.69) is 32.3 Å². The second-order valence-electron chi connectivity index (χ2n) is 9.17. The minimum atomic E-state index is -4.23. The molecule has 0 aliphatic carbocycles. The first-order valence-corrected chi connectivity index (χ1v) is 12.6. The number of likely N-dealkylation sites (tertiary alicyclic amines) is 1. The van der Waals surface area contributed by atoms with Crippen molar-refractivity contribution < 1.29 is 27.5 Å². The highest BCUT2D eigenvalue weighted by molar-refractivity contribution is 5.99. The zero-order valence-electron chi connectivity index (χ0n) is 21.7. The van der Waals surface area contributed by atoms with Gasteiger partial charge in [0.1, 0.15) is 11.4 Å². The van der Waals surface area contributed by atoms with Gasteiger partial charge in [-0.05, 0) is 37.5 Å². The average molecular weight is 559 g/mol. The molecule has 1 saturated heterocycles. The van der Waals surface area contributed by atoms with Crippen LogP contribution in [0, 0.1) is 0 Å². The lowest BCUT2D eigenvalue weighted by Crippen LogP contribution is -2.40. The number of amides is 2. The van der Waals surface area contributed by atoms with E-state index < -0.39 is 18.6 Å². The number of ether oxygens (including phenoxy) is 1. The molecule has 11 nitrogen and oxygen atoms in total. The van der Waals surface area contributed by atoms with Crippen LogP contribution in [0.2, 0.25) is 0 Å². The van der Waals surface area contributed by atoms with Crippen molar-refractivity contribution in [3.05, 3.63) is 60.7 Å². The van der Waals surface area contributed by atoms with E-state index >= 15 is 0 Å². The number of hydrogen-bond acceptors (Lipinski definition) is 8. The number of carbonyl (C=O) groups is 2. The highest BCUT2D eigenvalue weighted by atomic mass is 19.4. The number of primary amides is 1. The molecular weight excluding hydrogens is 529 g/mol. The van der Waals surface area contributed by atoms with Crippen LogP contribution in [0.25, 0.3) is 0 Å². The average Bonchev–Trinajstić information content (AvgIpc) is 3.36. The Bertz CT molecular complexity index is 1380. The molecule has 0 spiro atoms. The predicted octanol–water partition coefficient (Wildman–Crippen LogP) is 4.19. The number of alkyl halides is 3. The number of nitrogens with two attached hydrogens (primary N) is 1. The summed E-state index contributed by atoms with van der Waals surface area (Å²) in [5, 5.41) is 10.0. The molecule has 2 amide bonds. The molecule has 4 N–H and O–H groups in total. The molecule has 4 rings (SSSR count). The summed E-state index contributed by atoms with van der Waals surface area (Å²) in [7, 11) is 0. The Morgan fingerprint density at radius 1 is 1.23 bits per heavy atom. The highest BCUT2D eigenvalue weighted by Gasteiger charge is 2.33. The van der Waals surface area contributed by atoms with E-state index in [4.69, 9.17) is 10.5 Å². The molecule has 0 saturated carbocycles. The number of nitrogens with zero attached hydrogens (tertiary/aromatic N) is 5. The molecule has 0 bridgehead atoms. The topological polar surface area (TPSA) is 140 Å². The molecule has 1 aliphatic rings. The maximum atomic E-state index is 12.7. The number of rotatable bonds is 10. The van der Waals surface area contributed by atoms with Gasteiger partial charge in [0.05, 0.1) is 24.5 Å². The number of anilines is 3.